The fourth-order valence-electron chi connectivity index (χ4n) is 3.47. The van der Waals surface area contributed by atoms with Crippen LogP contribution in [-0.4, -0.2) is 4.98 Å². The Hall–Kier alpha value is -2.68. The number of hydrogen-bond acceptors (Lipinski definition) is 2. The number of pyridine rings is 2. The van der Waals surface area contributed by atoms with Crippen molar-refractivity contribution in [2.24, 2.45) is 7.05 Å². The maximum atomic E-state index is 8.23. The topological polar surface area (TPSA) is 29.9 Å². The summed E-state index contributed by atoms with van der Waals surface area (Å²) < 4.78 is 16.5. The van der Waals surface area contributed by atoms with Crippen LogP contribution in [0.3, 0.4) is 0 Å². The van der Waals surface area contributed by atoms with Crippen LogP contribution in [0.2, 0.25) is 0 Å². The number of hydrogen-bond donors (Lipinski definition) is 0. The molecule has 0 saturated heterocycles. The van der Waals surface area contributed by atoms with E-state index in [1.165, 1.54) is 16.7 Å². The van der Waals surface area contributed by atoms with Gasteiger partial charge >= 0.3 is 0 Å². The van der Waals surface area contributed by atoms with E-state index in [9.17, 15) is 0 Å². The Morgan fingerprint density at radius 1 is 1.08 bits per heavy atom. The molecule has 0 fully saturated rings. The van der Waals surface area contributed by atoms with Crippen LogP contribution < -0.4 is 4.57 Å². The van der Waals surface area contributed by atoms with Crippen LogP contribution in [0.1, 0.15) is 37.9 Å². The third kappa shape index (κ3) is 2.51. The molecule has 0 bridgehead atoms. The summed E-state index contributed by atoms with van der Waals surface area (Å²) in [5.74, 6) is -0.755. The molecule has 0 spiro atoms. The van der Waals surface area contributed by atoms with Gasteiger partial charge in [-0.2, -0.15) is 0 Å². The first-order chi connectivity index (χ1) is 12.3. The van der Waals surface area contributed by atoms with Crippen molar-refractivity contribution >= 4 is 22.1 Å². The molecule has 0 atom stereocenters. The Balaban J connectivity index is 2.08. The molecule has 4 aromatic rings. The van der Waals surface area contributed by atoms with Gasteiger partial charge in [0.2, 0.25) is 11.4 Å². The summed E-state index contributed by atoms with van der Waals surface area (Å²) >= 11 is 0. The van der Waals surface area contributed by atoms with Crippen LogP contribution in [0, 0.1) is 13.8 Å². The molecule has 3 aromatic heterocycles. The second kappa shape index (κ2) is 5.69. The van der Waals surface area contributed by atoms with Crippen LogP contribution in [0.5, 0.6) is 0 Å². The monoisotopic (exact) mass is 332 g/mol. The van der Waals surface area contributed by atoms with Gasteiger partial charge in [-0.3, -0.25) is 0 Å². The lowest BCUT2D eigenvalue weighted by molar-refractivity contribution is -0.660. The van der Waals surface area contributed by atoms with Crippen LogP contribution >= 0.6 is 0 Å². The van der Waals surface area contributed by atoms with Gasteiger partial charge < -0.3 is 4.42 Å². The molecule has 0 aliphatic carbocycles. The molecule has 0 radical (unpaired) electrons. The van der Waals surface area contributed by atoms with E-state index < -0.39 is 5.89 Å². The highest BCUT2D eigenvalue weighted by atomic mass is 16.3. The van der Waals surface area contributed by atoms with Crippen molar-refractivity contribution in [2.75, 3.05) is 0 Å². The molecular weight excluding hydrogens is 308 g/mol. The quantitative estimate of drug-likeness (QED) is 0.471. The fourth-order valence-corrected chi connectivity index (χ4v) is 3.47. The van der Waals surface area contributed by atoms with Crippen molar-refractivity contribution in [3.05, 3.63) is 59.4 Å². The van der Waals surface area contributed by atoms with Crippen molar-refractivity contribution in [3.63, 3.8) is 0 Å². The number of aromatic nitrogens is 2. The zero-order chi connectivity index (χ0) is 18.6. The number of fused-ring (bicyclic) bond motifs is 3. The highest BCUT2D eigenvalue weighted by Gasteiger charge is 2.21. The third-order valence-corrected chi connectivity index (χ3v) is 4.76. The largest absolute Gasteiger partial charge is 0.438 e. The van der Waals surface area contributed by atoms with Gasteiger partial charge in [0.05, 0.1) is 5.56 Å². The Morgan fingerprint density at radius 2 is 1.88 bits per heavy atom. The second-order valence-electron chi connectivity index (χ2n) is 6.98. The van der Waals surface area contributed by atoms with Gasteiger partial charge in [-0.05, 0) is 49.6 Å². The minimum atomic E-state index is -0.755. The van der Waals surface area contributed by atoms with E-state index in [-0.39, 0.29) is 0 Å². The van der Waals surface area contributed by atoms with Crippen LogP contribution in [0.25, 0.3) is 33.3 Å². The van der Waals surface area contributed by atoms with Gasteiger partial charge in [0.25, 0.3) is 0 Å². The maximum absolute atomic E-state index is 8.23. The molecular formula is C22H23N2O+. The Labute approximate surface area is 149 Å². The number of nitrogens with zero attached hydrogens (tertiary/aromatic N) is 2. The Morgan fingerprint density at radius 3 is 2.60 bits per heavy atom. The lowest BCUT2D eigenvalue weighted by atomic mass is 9.98. The van der Waals surface area contributed by atoms with Gasteiger partial charge in [-0.15, -0.1) is 0 Å². The third-order valence-electron chi connectivity index (χ3n) is 4.76. The average molecular weight is 332 g/mol. The number of furan rings is 1. The summed E-state index contributed by atoms with van der Waals surface area (Å²) in [6, 6.07) is 12.4. The molecule has 0 aliphatic rings. The molecule has 25 heavy (non-hydrogen) atoms. The Bertz CT molecular complexity index is 1150. The Kier molecular flexibility index (Phi) is 3.34. The van der Waals surface area contributed by atoms with Gasteiger partial charge in [-0.25, -0.2) is 9.55 Å². The van der Waals surface area contributed by atoms with Crippen molar-refractivity contribution in [1.29, 1.82) is 0 Å². The lowest BCUT2D eigenvalue weighted by Crippen LogP contribution is -2.31. The molecule has 0 saturated carbocycles. The van der Waals surface area contributed by atoms with E-state index in [4.69, 9.17) is 5.79 Å². The SMILES string of the molecule is [2H]C(C)(C)c1ccc2c(n1)oc1ccc(C)c(-c3ccc(C)c[n+]3C)c12. The van der Waals surface area contributed by atoms with Crippen molar-refractivity contribution in [1.82, 2.24) is 4.98 Å². The van der Waals surface area contributed by atoms with Crippen LogP contribution in [-0.2, 0) is 7.05 Å². The summed E-state index contributed by atoms with van der Waals surface area (Å²) in [6.45, 7) is 7.90. The molecule has 0 unspecified atom stereocenters. The minimum Gasteiger partial charge on any atom is -0.438 e. The zero-order valence-corrected chi connectivity index (χ0v) is 15.3. The fraction of sp³-hybridized carbons (Fsp3) is 0.273. The summed E-state index contributed by atoms with van der Waals surface area (Å²) in [6.07, 6.45) is 2.13. The molecule has 0 aliphatic heterocycles. The van der Waals surface area contributed by atoms with E-state index in [0.717, 1.165) is 22.0 Å². The van der Waals surface area contributed by atoms with Crippen LogP contribution in [0.4, 0.5) is 0 Å². The van der Waals surface area contributed by atoms with E-state index in [0.29, 0.717) is 11.4 Å². The highest BCUT2D eigenvalue weighted by Crippen LogP contribution is 2.37. The average Bonchev–Trinajstić information content (AvgIpc) is 2.93. The van der Waals surface area contributed by atoms with Crippen molar-refractivity contribution < 1.29 is 10.4 Å². The smallest absolute Gasteiger partial charge is 0.227 e. The van der Waals surface area contributed by atoms with Gasteiger partial charge in [0.15, 0.2) is 6.20 Å². The zero-order valence-electron chi connectivity index (χ0n) is 16.3. The predicted octanol–water partition coefficient (Wildman–Crippen LogP) is 5.21. The van der Waals surface area contributed by atoms with Crippen LogP contribution in [0.15, 0.2) is 47.0 Å². The van der Waals surface area contributed by atoms with E-state index >= 15 is 0 Å². The first-order valence-corrected chi connectivity index (χ1v) is 8.56. The summed E-state index contributed by atoms with van der Waals surface area (Å²) in [4.78, 5) is 4.62. The lowest BCUT2D eigenvalue weighted by Gasteiger charge is -2.07. The summed E-state index contributed by atoms with van der Waals surface area (Å²) in [5.41, 5.74) is 6.87. The molecule has 4 rings (SSSR count). The second-order valence-corrected chi connectivity index (χ2v) is 6.98. The summed E-state index contributed by atoms with van der Waals surface area (Å²) in [7, 11) is 2.07. The van der Waals surface area contributed by atoms with Gasteiger partial charge in [0.1, 0.15) is 12.6 Å². The van der Waals surface area contributed by atoms with E-state index in [1.54, 1.807) is 0 Å². The van der Waals surface area contributed by atoms with Crippen molar-refractivity contribution in [3.8, 4) is 11.3 Å². The van der Waals surface area contributed by atoms with Gasteiger partial charge in [0, 0.05) is 29.5 Å². The molecule has 3 nitrogen and oxygen atoms in total. The first kappa shape index (κ1) is 14.6. The maximum Gasteiger partial charge on any atom is 0.227 e. The molecule has 1 aromatic carbocycles. The van der Waals surface area contributed by atoms with E-state index in [2.05, 4.69) is 54.8 Å². The predicted molar refractivity (Wildman–Crippen MR) is 102 cm³/mol. The highest BCUT2D eigenvalue weighted by molar-refractivity contribution is 6.11. The first-order valence-electron chi connectivity index (χ1n) is 9.06. The van der Waals surface area contributed by atoms with Gasteiger partial charge in [-0.1, -0.05) is 19.9 Å². The molecule has 3 heterocycles. The molecule has 0 N–H and O–H groups in total. The normalized spacial score (nSPS) is 12.8. The number of aryl methyl sites for hydroxylation is 3. The minimum absolute atomic E-state index is 0.597. The molecule has 0 amide bonds. The number of rotatable bonds is 2. The molecule has 3 heteroatoms. The summed E-state index contributed by atoms with van der Waals surface area (Å²) in [5, 5.41) is 2.08. The van der Waals surface area contributed by atoms with E-state index in [1.807, 2.05) is 32.0 Å². The standard InChI is InChI=1S/C22H23N2O/c1-13(2)17-9-8-16-21-19(25-22(16)23-17)11-7-15(4)20(21)18-10-6-14(3)12-24(18)5/h6-13H,1-5H3/q+1/i13D. The van der Waals surface area contributed by atoms with Crippen molar-refractivity contribution in [2.45, 2.75) is 33.6 Å². The molecule has 126 valence electrons. The number of benzene rings is 1.